The summed E-state index contributed by atoms with van der Waals surface area (Å²) >= 11 is 0. The summed E-state index contributed by atoms with van der Waals surface area (Å²) in [5.41, 5.74) is 0. The van der Waals surface area contributed by atoms with Crippen molar-refractivity contribution in [3.8, 4) is 0 Å². The molecule has 1 heterocycles. The Morgan fingerprint density at radius 3 is 2.50 bits per heavy atom. The van der Waals surface area contributed by atoms with Gasteiger partial charge in [-0.1, -0.05) is 0 Å². The van der Waals surface area contributed by atoms with Gasteiger partial charge in [0, 0.05) is 32.7 Å². The molecule has 1 rings (SSSR count). The van der Waals surface area contributed by atoms with Crippen molar-refractivity contribution in [2.45, 2.75) is 32.7 Å². The van der Waals surface area contributed by atoms with E-state index in [9.17, 15) is 9.59 Å². The third-order valence-corrected chi connectivity index (χ3v) is 2.68. The highest BCUT2D eigenvalue weighted by Gasteiger charge is 2.22. The number of nitrogens with one attached hydrogen (secondary N) is 1. The van der Waals surface area contributed by atoms with Crippen LogP contribution < -0.4 is 5.32 Å². The van der Waals surface area contributed by atoms with Gasteiger partial charge in [-0.3, -0.25) is 9.59 Å². The average Bonchev–Trinajstić information content (AvgIpc) is 2.26. The van der Waals surface area contributed by atoms with Gasteiger partial charge in [-0.15, -0.1) is 0 Å². The van der Waals surface area contributed by atoms with Crippen molar-refractivity contribution in [1.29, 1.82) is 0 Å². The fraction of sp³-hybridized carbons (Fsp3) is 0.818. The molecule has 0 aromatic heterocycles. The molecule has 2 amide bonds. The van der Waals surface area contributed by atoms with Gasteiger partial charge >= 0.3 is 0 Å². The van der Waals surface area contributed by atoms with Gasteiger partial charge in [0.1, 0.15) is 6.61 Å². The summed E-state index contributed by atoms with van der Waals surface area (Å²) in [6, 6.07) is 0.216. The second-order valence-electron chi connectivity index (χ2n) is 3.99. The van der Waals surface area contributed by atoms with Crippen LogP contribution in [0.4, 0.5) is 0 Å². The molecule has 0 spiro atoms. The first-order valence-electron chi connectivity index (χ1n) is 5.76. The number of nitrogens with zero attached hydrogens (tertiary/aromatic N) is 1. The van der Waals surface area contributed by atoms with Crippen molar-refractivity contribution in [3.63, 3.8) is 0 Å². The Labute approximate surface area is 96.1 Å². The number of carbonyl (C=O) groups excluding carboxylic acids is 2. The van der Waals surface area contributed by atoms with Crippen molar-refractivity contribution >= 4 is 11.8 Å². The van der Waals surface area contributed by atoms with Crippen molar-refractivity contribution in [1.82, 2.24) is 10.2 Å². The fourth-order valence-electron chi connectivity index (χ4n) is 1.84. The SMILES string of the molecule is CCOCC(=O)N1CCC(NC(C)=O)CC1. The maximum Gasteiger partial charge on any atom is 0.248 e. The molecule has 0 bridgehead atoms. The number of ether oxygens (including phenoxy) is 1. The van der Waals surface area contributed by atoms with E-state index in [4.69, 9.17) is 4.74 Å². The molecule has 0 unspecified atom stereocenters. The number of amides is 2. The van der Waals surface area contributed by atoms with Crippen LogP contribution in [0.1, 0.15) is 26.7 Å². The predicted octanol–water partition coefficient (Wildman–Crippen LogP) is 0.150. The highest BCUT2D eigenvalue weighted by molar-refractivity contribution is 5.77. The minimum absolute atomic E-state index is 0.000840. The highest BCUT2D eigenvalue weighted by Crippen LogP contribution is 2.10. The first kappa shape index (κ1) is 13.0. The van der Waals surface area contributed by atoms with Crippen molar-refractivity contribution in [2.24, 2.45) is 0 Å². The topological polar surface area (TPSA) is 58.6 Å². The zero-order chi connectivity index (χ0) is 12.0. The van der Waals surface area contributed by atoms with E-state index in [1.165, 1.54) is 6.92 Å². The van der Waals surface area contributed by atoms with Gasteiger partial charge in [0.15, 0.2) is 0 Å². The lowest BCUT2D eigenvalue weighted by atomic mass is 10.1. The van der Waals surface area contributed by atoms with Crippen molar-refractivity contribution < 1.29 is 14.3 Å². The zero-order valence-electron chi connectivity index (χ0n) is 9.99. The molecule has 0 aromatic rings. The summed E-state index contributed by atoms with van der Waals surface area (Å²) in [5, 5.41) is 2.88. The first-order chi connectivity index (χ1) is 7.63. The number of likely N-dealkylation sites (tertiary alicyclic amines) is 1. The van der Waals surface area contributed by atoms with Crippen LogP contribution in [0.3, 0.4) is 0 Å². The van der Waals surface area contributed by atoms with Crippen molar-refractivity contribution in [2.75, 3.05) is 26.3 Å². The molecule has 1 N–H and O–H groups in total. The Kier molecular flexibility index (Phi) is 5.25. The maximum absolute atomic E-state index is 11.6. The second-order valence-corrected chi connectivity index (χ2v) is 3.99. The van der Waals surface area contributed by atoms with Gasteiger partial charge in [0.25, 0.3) is 0 Å². The molecular formula is C11H20N2O3. The summed E-state index contributed by atoms with van der Waals surface area (Å²) in [5.74, 6) is 0.0437. The molecular weight excluding hydrogens is 208 g/mol. The van der Waals surface area contributed by atoms with Crippen LogP contribution in [0.15, 0.2) is 0 Å². The van der Waals surface area contributed by atoms with E-state index in [2.05, 4.69) is 5.32 Å². The molecule has 0 aliphatic carbocycles. The van der Waals surface area contributed by atoms with E-state index in [-0.39, 0.29) is 24.5 Å². The van der Waals surface area contributed by atoms with Gasteiger partial charge < -0.3 is 15.0 Å². The van der Waals surface area contributed by atoms with Crippen LogP contribution in [-0.2, 0) is 14.3 Å². The molecule has 0 radical (unpaired) electrons. The number of rotatable bonds is 4. The Morgan fingerprint density at radius 2 is 2.00 bits per heavy atom. The Morgan fingerprint density at radius 1 is 1.38 bits per heavy atom. The molecule has 92 valence electrons. The number of hydrogen-bond acceptors (Lipinski definition) is 3. The molecule has 0 atom stereocenters. The van der Waals surface area contributed by atoms with E-state index in [1.54, 1.807) is 4.90 Å². The molecule has 1 saturated heterocycles. The van der Waals surface area contributed by atoms with E-state index in [0.717, 1.165) is 12.8 Å². The normalized spacial score (nSPS) is 17.2. The quantitative estimate of drug-likeness (QED) is 0.745. The minimum atomic E-state index is -0.000840. The number of carbonyl (C=O) groups is 2. The fourth-order valence-corrected chi connectivity index (χ4v) is 1.84. The average molecular weight is 228 g/mol. The first-order valence-corrected chi connectivity index (χ1v) is 5.76. The van der Waals surface area contributed by atoms with E-state index >= 15 is 0 Å². The van der Waals surface area contributed by atoms with Crippen LogP contribution in [0.25, 0.3) is 0 Å². The molecule has 1 aliphatic heterocycles. The summed E-state index contributed by atoms with van der Waals surface area (Å²) < 4.78 is 5.08. The molecule has 16 heavy (non-hydrogen) atoms. The third-order valence-electron chi connectivity index (χ3n) is 2.68. The second kappa shape index (κ2) is 6.48. The van der Waals surface area contributed by atoms with Gasteiger partial charge in [-0.25, -0.2) is 0 Å². The van der Waals surface area contributed by atoms with E-state index in [0.29, 0.717) is 19.7 Å². The highest BCUT2D eigenvalue weighted by atomic mass is 16.5. The van der Waals surface area contributed by atoms with E-state index < -0.39 is 0 Å². The summed E-state index contributed by atoms with van der Waals surface area (Å²) in [4.78, 5) is 24.3. The van der Waals surface area contributed by atoms with Crippen LogP contribution in [0.5, 0.6) is 0 Å². The summed E-state index contributed by atoms with van der Waals surface area (Å²) in [6.45, 7) is 5.53. The lowest BCUT2D eigenvalue weighted by molar-refractivity contribution is -0.137. The maximum atomic E-state index is 11.6. The van der Waals surface area contributed by atoms with Gasteiger partial charge in [-0.2, -0.15) is 0 Å². The van der Waals surface area contributed by atoms with Crippen molar-refractivity contribution in [3.05, 3.63) is 0 Å². The Balaban J connectivity index is 2.25. The Hall–Kier alpha value is -1.10. The lowest BCUT2D eigenvalue weighted by Gasteiger charge is -2.32. The smallest absolute Gasteiger partial charge is 0.248 e. The van der Waals surface area contributed by atoms with Gasteiger partial charge in [-0.05, 0) is 19.8 Å². The lowest BCUT2D eigenvalue weighted by Crippen LogP contribution is -2.47. The number of piperidine rings is 1. The molecule has 5 heteroatoms. The van der Waals surface area contributed by atoms with Crippen LogP contribution in [0.2, 0.25) is 0 Å². The monoisotopic (exact) mass is 228 g/mol. The number of hydrogen-bond donors (Lipinski definition) is 1. The molecule has 0 aromatic carbocycles. The van der Waals surface area contributed by atoms with Gasteiger partial charge in [0.2, 0.25) is 11.8 Å². The van der Waals surface area contributed by atoms with Crippen LogP contribution >= 0.6 is 0 Å². The van der Waals surface area contributed by atoms with Crippen LogP contribution in [0, 0.1) is 0 Å². The summed E-state index contributed by atoms with van der Waals surface area (Å²) in [6.07, 6.45) is 1.66. The molecule has 1 aliphatic rings. The molecule has 5 nitrogen and oxygen atoms in total. The predicted molar refractivity (Wildman–Crippen MR) is 59.9 cm³/mol. The Bertz CT molecular complexity index is 248. The third kappa shape index (κ3) is 4.18. The molecule has 1 fully saturated rings. The minimum Gasteiger partial charge on any atom is -0.372 e. The summed E-state index contributed by atoms with van der Waals surface area (Å²) in [7, 11) is 0. The van der Waals surface area contributed by atoms with Gasteiger partial charge in [0.05, 0.1) is 0 Å². The standard InChI is InChI=1S/C11H20N2O3/c1-3-16-8-11(15)13-6-4-10(5-7-13)12-9(2)14/h10H,3-8H2,1-2H3,(H,12,14). The molecule has 0 saturated carbocycles. The zero-order valence-corrected chi connectivity index (χ0v) is 9.99. The largest absolute Gasteiger partial charge is 0.372 e. The van der Waals surface area contributed by atoms with E-state index in [1.807, 2.05) is 6.92 Å². The van der Waals surface area contributed by atoms with Crippen LogP contribution in [-0.4, -0.2) is 49.1 Å².